The van der Waals surface area contributed by atoms with Crippen LogP contribution in [-0.2, 0) is 5.41 Å². The van der Waals surface area contributed by atoms with Crippen molar-refractivity contribution in [3.63, 3.8) is 0 Å². The highest BCUT2D eigenvalue weighted by Crippen LogP contribution is 2.64. The average Bonchev–Trinajstić information content (AvgIpc) is 3.67. The fraction of sp³-hybridized carbons (Fsp3) is 0.0164. The second kappa shape index (κ2) is 15.4. The summed E-state index contributed by atoms with van der Waals surface area (Å²) < 4.78 is 6.65. The topological polar surface area (TPSA) is 12.5 Å². The van der Waals surface area contributed by atoms with E-state index in [1.54, 1.807) is 0 Å². The van der Waals surface area contributed by atoms with E-state index in [4.69, 9.17) is 4.74 Å². The first-order valence-corrected chi connectivity index (χ1v) is 24.1. The Balaban J connectivity index is 1.03. The van der Waals surface area contributed by atoms with Crippen LogP contribution < -0.4 is 30.4 Å². The van der Waals surface area contributed by atoms with Gasteiger partial charge < -0.3 is 9.64 Å². The van der Waals surface area contributed by atoms with Crippen LogP contribution in [0.25, 0.3) is 22.3 Å². The minimum Gasteiger partial charge on any atom is -0.457 e. The molecule has 2 aliphatic rings. The van der Waals surface area contributed by atoms with Crippen molar-refractivity contribution in [1.29, 1.82) is 0 Å². The maximum Gasteiger partial charge on any atom is 0.179 e. The zero-order valence-corrected chi connectivity index (χ0v) is 36.2. The summed E-state index contributed by atoms with van der Waals surface area (Å²) in [5.74, 6) is 1.79. The van der Waals surface area contributed by atoms with Crippen molar-refractivity contribution in [3.8, 4) is 33.8 Å². The molecule has 0 bridgehead atoms. The summed E-state index contributed by atoms with van der Waals surface area (Å²) in [4.78, 5) is 2.45. The molecule has 0 N–H and O–H groups in total. The van der Waals surface area contributed by atoms with Crippen LogP contribution in [-0.4, -0.2) is 8.07 Å². The number of hydrogen-bond donors (Lipinski definition) is 0. The molecule has 2 nitrogen and oxygen atoms in total. The van der Waals surface area contributed by atoms with Crippen molar-refractivity contribution in [2.24, 2.45) is 0 Å². The van der Waals surface area contributed by atoms with Crippen LogP contribution >= 0.6 is 0 Å². The van der Waals surface area contributed by atoms with Crippen molar-refractivity contribution in [1.82, 2.24) is 0 Å². The van der Waals surface area contributed by atoms with Gasteiger partial charge in [0.15, 0.2) is 8.07 Å². The summed E-state index contributed by atoms with van der Waals surface area (Å²) in [5.41, 5.74) is 12.4. The monoisotopic (exact) mass is 833 g/mol. The molecule has 0 saturated heterocycles. The Morgan fingerprint density at radius 1 is 0.328 bits per heavy atom. The van der Waals surface area contributed by atoms with Gasteiger partial charge in [0.2, 0.25) is 0 Å². The molecule has 0 fully saturated rings. The number of rotatable bonds is 8. The SMILES string of the molecule is c1ccc(N(c2cccc(-c3ccc([Si](c4ccccc4)(c4ccccc4)c4ccccc4)cc3)c2)c2cccc3c2-c2ccccc2C32c3ccccc3Oc3ccccc32)cc1. The van der Waals surface area contributed by atoms with Gasteiger partial charge in [0.25, 0.3) is 0 Å². The molecular weight excluding hydrogens is 791 g/mol. The smallest absolute Gasteiger partial charge is 0.179 e. The van der Waals surface area contributed by atoms with Gasteiger partial charge >= 0.3 is 0 Å². The van der Waals surface area contributed by atoms with Crippen molar-refractivity contribution in [2.75, 3.05) is 4.90 Å². The van der Waals surface area contributed by atoms with Crippen LogP contribution in [0.4, 0.5) is 17.1 Å². The lowest BCUT2D eigenvalue weighted by molar-refractivity contribution is 0.436. The van der Waals surface area contributed by atoms with E-state index in [9.17, 15) is 0 Å². The molecule has 0 atom stereocenters. The third-order valence-electron chi connectivity index (χ3n) is 13.5. The van der Waals surface area contributed by atoms with E-state index in [1.807, 2.05) is 0 Å². The van der Waals surface area contributed by atoms with Gasteiger partial charge in [-0.1, -0.05) is 218 Å². The number of nitrogens with zero attached hydrogens (tertiary/aromatic N) is 1. The van der Waals surface area contributed by atoms with E-state index >= 15 is 0 Å². The van der Waals surface area contributed by atoms with E-state index in [-0.39, 0.29) is 0 Å². The van der Waals surface area contributed by atoms with Crippen molar-refractivity contribution in [3.05, 3.63) is 283 Å². The van der Waals surface area contributed by atoms with Gasteiger partial charge in [0.1, 0.15) is 11.5 Å². The largest absolute Gasteiger partial charge is 0.457 e. The van der Waals surface area contributed by atoms with E-state index in [2.05, 4.69) is 266 Å². The summed E-state index contributed by atoms with van der Waals surface area (Å²) in [7, 11) is -2.66. The summed E-state index contributed by atoms with van der Waals surface area (Å²) in [5, 5.41) is 5.46. The third-order valence-corrected chi connectivity index (χ3v) is 18.3. The molecule has 12 rings (SSSR count). The third kappa shape index (κ3) is 5.71. The highest BCUT2D eigenvalue weighted by atomic mass is 28.3. The minimum atomic E-state index is -2.66. The molecule has 10 aromatic carbocycles. The molecule has 1 heterocycles. The van der Waals surface area contributed by atoms with Crippen LogP contribution in [0.3, 0.4) is 0 Å². The van der Waals surface area contributed by atoms with Gasteiger partial charge in [-0.25, -0.2) is 0 Å². The molecule has 0 radical (unpaired) electrons. The van der Waals surface area contributed by atoms with Crippen LogP contribution in [0.15, 0.2) is 261 Å². The Hall–Kier alpha value is -7.98. The summed E-state index contributed by atoms with van der Waals surface area (Å²) in [6, 6.07) is 95.7. The number of fused-ring (bicyclic) bond motifs is 9. The molecular formula is C61H43NOSi. The second-order valence-corrected chi connectivity index (χ2v) is 20.5. The first kappa shape index (κ1) is 37.8. The lowest BCUT2D eigenvalue weighted by Gasteiger charge is -2.39. The summed E-state index contributed by atoms with van der Waals surface area (Å²) >= 11 is 0. The highest BCUT2D eigenvalue weighted by molar-refractivity contribution is 7.19. The maximum absolute atomic E-state index is 6.65. The molecule has 10 aromatic rings. The van der Waals surface area contributed by atoms with Crippen molar-refractivity contribution < 1.29 is 4.74 Å². The predicted octanol–water partition coefficient (Wildman–Crippen LogP) is 12.7. The molecule has 1 aliphatic heterocycles. The van der Waals surface area contributed by atoms with E-state index in [0.717, 1.165) is 45.3 Å². The molecule has 0 unspecified atom stereocenters. The zero-order chi connectivity index (χ0) is 42.5. The summed E-state index contributed by atoms with van der Waals surface area (Å²) in [6.07, 6.45) is 0. The van der Waals surface area contributed by atoms with Crippen LogP contribution in [0.1, 0.15) is 22.3 Å². The Morgan fingerprint density at radius 2 is 0.781 bits per heavy atom. The van der Waals surface area contributed by atoms with E-state index in [1.165, 1.54) is 48.6 Å². The first-order chi connectivity index (χ1) is 31.8. The second-order valence-electron chi connectivity index (χ2n) is 16.7. The van der Waals surface area contributed by atoms with Crippen LogP contribution in [0, 0.1) is 0 Å². The van der Waals surface area contributed by atoms with Gasteiger partial charge in [-0.15, -0.1) is 0 Å². The Labute approximate surface area is 376 Å². The molecule has 0 amide bonds. The molecule has 64 heavy (non-hydrogen) atoms. The standard InChI is InChI=1S/C61H43NOSi/c1-5-22-46(23-6-1)62(57-36-20-35-56-60(57)52-31-13-14-32-53(52)61(56)54-33-15-17-37-58(54)63-59-38-18-16-34-55(59)61)47-24-19-21-45(43-47)44-39-41-51(42-40-44)64(48-25-7-2-8-26-48,49-27-9-3-10-28-49)50-29-11-4-12-30-50/h1-43H. The maximum atomic E-state index is 6.65. The normalized spacial score (nSPS) is 12.9. The van der Waals surface area contributed by atoms with Gasteiger partial charge in [0.05, 0.1) is 11.1 Å². The number of anilines is 3. The zero-order valence-electron chi connectivity index (χ0n) is 35.2. The quantitative estimate of drug-likeness (QED) is 0.112. The van der Waals surface area contributed by atoms with Crippen LogP contribution in [0.5, 0.6) is 11.5 Å². The van der Waals surface area contributed by atoms with Crippen molar-refractivity contribution >= 4 is 45.9 Å². The van der Waals surface area contributed by atoms with Gasteiger partial charge in [0, 0.05) is 28.1 Å². The van der Waals surface area contributed by atoms with E-state index in [0.29, 0.717) is 0 Å². The lowest BCUT2D eigenvalue weighted by Crippen LogP contribution is -2.74. The Bertz CT molecular complexity index is 3150. The summed E-state index contributed by atoms with van der Waals surface area (Å²) in [6.45, 7) is 0. The lowest BCUT2D eigenvalue weighted by atomic mass is 9.66. The average molecular weight is 834 g/mol. The van der Waals surface area contributed by atoms with Crippen molar-refractivity contribution in [2.45, 2.75) is 5.41 Å². The molecule has 3 heteroatoms. The first-order valence-electron chi connectivity index (χ1n) is 22.1. The Morgan fingerprint density at radius 3 is 1.38 bits per heavy atom. The van der Waals surface area contributed by atoms with Crippen LogP contribution in [0.2, 0.25) is 0 Å². The van der Waals surface area contributed by atoms with Gasteiger partial charge in [-0.05, 0) is 91.0 Å². The molecule has 1 spiro atoms. The Kier molecular flexibility index (Phi) is 9.10. The van der Waals surface area contributed by atoms with Gasteiger partial charge in [-0.2, -0.15) is 0 Å². The number of benzene rings is 10. The highest BCUT2D eigenvalue weighted by Gasteiger charge is 2.52. The molecule has 0 aromatic heterocycles. The molecule has 0 saturated carbocycles. The molecule has 1 aliphatic carbocycles. The number of ether oxygens (including phenoxy) is 1. The fourth-order valence-corrected chi connectivity index (χ4v) is 15.6. The fourth-order valence-electron chi connectivity index (χ4n) is 10.9. The van der Waals surface area contributed by atoms with E-state index < -0.39 is 13.5 Å². The number of para-hydroxylation sites is 3. The minimum absolute atomic E-state index is 0.558. The predicted molar refractivity (Wildman–Crippen MR) is 268 cm³/mol. The molecule has 302 valence electrons. The van der Waals surface area contributed by atoms with Gasteiger partial charge in [-0.3, -0.25) is 0 Å². The number of hydrogen-bond acceptors (Lipinski definition) is 2.